The minimum atomic E-state index is 0. The van der Waals surface area contributed by atoms with Gasteiger partial charge in [0.15, 0.2) is 5.69 Å². The molecule has 0 bridgehead atoms. The molecule has 0 aromatic heterocycles. The Bertz CT molecular complexity index is 875. The Morgan fingerprint density at radius 1 is 0.909 bits per heavy atom. The molecule has 0 saturated heterocycles. The molecule has 0 spiro atoms. The topological polar surface area (TPSA) is 21.7 Å². The van der Waals surface area contributed by atoms with Gasteiger partial charge in [0.25, 0.3) is 0 Å². The van der Waals surface area contributed by atoms with Gasteiger partial charge in [0.2, 0.25) is 5.69 Å². The molecule has 2 heterocycles. The summed E-state index contributed by atoms with van der Waals surface area (Å²) in [7, 11) is 3.99. The van der Waals surface area contributed by atoms with Crippen molar-refractivity contribution in [1.82, 2.24) is 9.80 Å². The van der Waals surface area contributed by atoms with Gasteiger partial charge in [-0.25, -0.2) is 9.69 Å². The Balaban J connectivity index is 0.000000527. The first kappa shape index (κ1) is 29.7. The van der Waals surface area contributed by atoms with E-state index in [1.807, 2.05) is 85.7 Å². The van der Waals surface area contributed by atoms with Gasteiger partial charge in [0.05, 0.1) is 13.2 Å². The van der Waals surface area contributed by atoms with Crippen LogP contribution in [-0.4, -0.2) is 30.6 Å². The summed E-state index contributed by atoms with van der Waals surface area (Å²) in [6.07, 6.45) is 9.22. The molecule has 0 fully saturated rings. The maximum atomic E-state index is 6.84. The normalized spacial score (nSPS) is 12.9. The summed E-state index contributed by atoms with van der Waals surface area (Å²) < 4.78 is 0. The fraction of sp³-hybridized carbons (Fsp3) is 0.269. The molecule has 4 rings (SSSR count). The SMILES string of the molecule is C.CCC.[C-]#[N+]c1c[c-]c(N2C=CN(C)[CH-]2)cc1.[C-]#[N+]c1ccc(N2C=CN(C)C2)cc1.[Ir]. The monoisotopic (exact) mass is 621 g/mol. The Morgan fingerprint density at radius 2 is 1.52 bits per heavy atom. The van der Waals surface area contributed by atoms with Crippen LogP contribution in [0.5, 0.6) is 0 Å². The Kier molecular flexibility index (Phi) is 14.0. The molecule has 0 saturated carbocycles. The van der Waals surface area contributed by atoms with E-state index < -0.39 is 0 Å². The average molecular weight is 621 g/mol. The number of hydrogen-bond acceptors (Lipinski definition) is 4. The summed E-state index contributed by atoms with van der Waals surface area (Å²) in [6, 6.07) is 16.0. The van der Waals surface area contributed by atoms with Crippen molar-refractivity contribution in [2.45, 2.75) is 27.7 Å². The van der Waals surface area contributed by atoms with Crippen molar-refractivity contribution in [3.63, 3.8) is 0 Å². The van der Waals surface area contributed by atoms with Crippen molar-refractivity contribution in [1.29, 1.82) is 0 Å². The average Bonchev–Trinajstić information content (AvgIpc) is 3.43. The van der Waals surface area contributed by atoms with Crippen LogP contribution in [0.15, 0.2) is 67.3 Å². The largest absolute Gasteiger partial charge is 0.510 e. The van der Waals surface area contributed by atoms with Gasteiger partial charge in [-0.3, -0.25) is 0 Å². The molecule has 0 unspecified atom stereocenters. The minimum Gasteiger partial charge on any atom is -0.510 e. The van der Waals surface area contributed by atoms with Crippen LogP contribution in [0.2, 0.25) is 0 Å². The first-order valence-electron chi connectivity index (χ1n) is 10.1. The third-order valence-corrected chi connectivity index (χ3v) is 4.14. The Hall–Kier alpha value is -3.25. The van der Waals surface area contributed by atoms with Gasteiger partial charge in [-0.1, -0.05) is 52.0 Å². The van der Waals surface area contributed by atoms with E-state index in [0.717, 1.165) is 18.0 Å². The van der Waals surface area contributed by atoms with Crippen molar-refractivity contribution >= 4 is 22.7 Å². The predicted molar refractivity (Wildman–Crippen MR) is 135 cm³/mol. The van der Waals surface area contributed by atoms with Crippen LogP contribution in [0.1, 0.15) is 27.7 Å². The van der Waals surface area contributed by atoms with Crippen LogP contribution in [0.3, 0.4) is 0 Å². The number of nitrogens with zero attached hydrogens (tertiary/aromatic N) is 6. The van der Waals surface area contributed by atoms with E-state index in [1.165, 1.54) is 6.42 Å². The molecule has 0 amide bonds. The van der Waals surface area contributed by atoms with Gasteiger partial charge in [-0.15, -0.1) is 11.8 Å². The summed E-state index contributed by atoms with van der Waals surface area (Å²) in [5.74, 6) is 0. The molecular formula is C26H32IrN6-2. The van der Waals surface area contributed by atoms with Gasteiger partial charge < -0.3 is 19.6 Å². The number of benzene rings is 2. The fourth-order valence-corrected chi connectivity index (χ4v) is 2.65. The van der Waals surface area contributed by atoms with Crippen molar-refractivity contribution < 1.29 is 20.1 Å². The zero-order valence-electron chi connectivity index (χ0n) is 18.9. The maximum Gasteiger partial charge on any atom is 0.208 e. The van der Waals surface area contributed by atoms with E-state index in [-0.39, 0.29) is 27.5 Å². The van der Waals surface area contributed by atoms with Gasteiger partial charge in [0.1, 0.15) is 6.57 Å². The molecule has 6 nitrogen and oxygen atoms in total. The molecule has 2 aliphatic heterocycles. The van der Waals surface area contributed by atoms with Crippen LogP contribution < -0.4 is 9.80 Å². The standard InChI is InChI=1S/C11H11N3.C11H9N3.C3H8.CH4.Ir/c2*1-12-10-3-5-11(6-4-10)14-8-7-13(2)9-14;1-3-2;;/h3-8H,9H2,2H3;3-5,7-9H,2H3;3H2,1-2H3;1H4;/q;-2;;;. The molecule has 1 radical (unpaired) electrons. The van der Waals surface area contributed by atoms with E-state index in [2.05, 4.69) is 39.4 Å². The van der Waals surface area contributed by atoms with Gasteiger partial charge in [-0.05, 0) is 31.6 Å². The maximum absolute atomic E-state index is 6.84. The summed E-state index contributed by atoms with van der Waals surface area (Å²) in [6.45, 7) is 20.7. The fourth-order valence-electron chi connectivity index (χ4n) is 2.65. The molecule has 2 aromatic carbocycles. The van der Waals surface area contributed by atoms with Gasteiger partial charge >= 0.3 is 0 Å². The minimum absolute atomic E-state index is 0. The van der Waals surface area contributed by atoms with Crippen LogP contribution in [-0.2, 0) is 20.1 Å². The second-order valence-electron chi connectivity index (χ2n) is 7.03. The molecule has 0 N–H and O–H groups in total. The van der Waals surface area contributed by atoms with Crippen molar-refractivity contribution in [2.75, 3.05) is 30.6 Å². The van der Waals surface area contributed by atoms with Crippen LogP contribution >= 0.6 is 0 Å². The third kappa shape index (κ3) is 9.41. The smallest absolute Gasteiger partial charge is 0.208 e. The van der Waals surface area contributed by atoms with Gasteiger partial charge in [0, 0.05) is 45.2 Å². The van der Waals surface area contributed by atoms with Crippen molar-refractivity contribution in [2.24, 2.45) is 0 Å². The van der Waals surface area contributed by atoms with E-state index >= 15 is 0 Å². The molecule has 7 heteroatoms. The third-order valence-electron chi connectivity index (χ3n) is 4.14. The molecule has 0 aliphatic carbocycles. The molecule has 33 heavy (non-hydrogen) atoms. The van der Waals surface area contributed by atoms with Crippen molar-refractivity contribution in [3.8, 4) is 0 Å². The quantitative estimate of drug-likeness (QED) is 0.343. The summed E-state index contributed by atoms with van der Waals surface area (Å²) >= 11 is 0. The summed E-state index contributed by atoms with van der Waals surface area (Å²) in [4.78, 5) is 14.8. The summed E-state index contributed by atoms with van der Waals surface area (Å²) in [5, 5.41) is 0. The number of rotatable bonds is 2. The Morgan fingerprint density at radius 3 is 1.94 bits per heavy atom. The molecule has 2 aromatic rings. The van der Waals surface area contributed by atoms with Crippen LogP contribution in [0.4, 0.5) is 22.7 Å². The van der Waals surface area contributed by atoms with E-state index in [9.17, 15) is 0 Å². The van der Waals surface area contributed by atoms with E-state index in [1.54, 1.807) is 12.1 Å². The number of anilines is 2. The second-order valence-corrected chi connectivity index (χ2v) is 7.03. The second kappa shape index (κ2) is 15.5. The molecule has 0 atom stereocenters. The predicted octanol–water partition coefficient (Wildman–Crippen LogP) is 6.85. The zero-order chi connectivity index (χ0) is 22.6. The van der Waals surface area contributed by atoms with E-state index in [0.29, 0.717) is 11.4 Å². The first-order chi connectivity index (χ1) is 15.0. The summed E-state index contributed by atoms with van der Waals surface area (Å²) in [5.41, 5.74) is 3.37. The number of hydrogen-bond donors (Lipinski definition) is 0. The molecule has 2 aliphatic rings. The van der Waals surface area contributed by atoms with Crippen LogP contribution in [0.25, 0.3) is 9.69 Å². The van der Waals surface area contributed by atoms with Gasteiger partial charge in [-0.2, -0.15) is 12.7 Å². The van der Waals surface area contributed by atoms with Crippen LogP contribution in [0, 0.1) is 25.9 Å². The van der Waals surface area contributed by atoms with E-state index in [4.69, 9.17) is 13.1 Å². The first-order valence-corrected chi connectivity index (χ1v) is 10.1. The Labute approximate surface area is 213 Å². The van der Waals surface area contributed by atoms with Crippen molar-refractivity contribution in [3.05, 3.63) is 103 Å². The molecule has 177 valence electrons. The molecular weight excluding hydrogens is 589 g/mol. The zero-order valence-corrected chi connectivity index (χ0v) is 21.3.